The van der Waals surface area contributed by atoms with E-state index in [1.165, 1.54) is 4.90 Å². The van der Waals surface area contributed by atoms with Crippen LogP contribution in [0.3, 0.4) is 0 Å². The summed E-state index contributed by atoms with van der Waals surface area (Å²) in [6.45, 7) is 7.56. The minimum Gasteiger partial charge on any atom is -0.497 e. The zero-order valence-electron chi connectivity index (χ0n) is 27.2. The van der Waals surface area contributed by atoms with Crippen molar-refractivity contribution < 1.29 is 22.7 Å². The molecule has 0 unspecified atom stereocenters. The van der Waals surface area contributed by atoms with Crippen LogP contribution in [0.2, 0.25) is 0 Å². The lowest BCUT2D eigenvalue weighted by Crippen LogP contribution is -2.54. The number of nitrogens with one attached hydrogen (secondary N) is 1. The molecule has 0 bridgehead atoms. The minimum atomic E-state index is -4.13. The molecule has 0 radical (unpaired) electrons. The summed E-state index contributed by atoms with van der Waals surface area (Å²) in [6, 6.07) is 20.5. The molecule has 0 spiro atoms. The molecule has 9 heteroatoms. The number of hydrogen-bond acceptors (Lipinski definition) is 5. The second kappa shape index (κ2) is 15.4. The highest BCUT2D eigenvalue weighted by Crippen LogP contribution is 2.27. The van der Waals surface area contributed by atoms with Gasteiger partial charge in [0.15, 0.2) is 0 Å². The zero-order chi connectivity index (χ0) is 32.6. The van der Waals surface area contributed by atoms with Crippen molar-refractivity contribution >= 4 is 27.5 Å². The van der Waals surface area contributed by atoms with Crippen molar-refractivity contribution in [1.29, 1.82) is 0 Å². The number of carbonyl (C=O) groups excluding carboxylic acids is 2. The molecule has 1 N–H and O–H groups in total. The summed E-state index contributed by atoms with van der Waals surface area (Å²) < 4.78 is 34.9. The number of ether oxygens (including phenoxy) is 1. The molecule has 0 heterocycles. The minimum absolute atomic E-state index is 0.0759. The number of methoxy groups -OCH3 is 1. The predicted octanol–water partition coefficient (Wildman–Crippen LogP) is 6.58. The molecule has 45 heavy (non-hydrogen) atoms. The maximum atomic E-state index is 14.4. The molecule has 3 aromatic rings. The van der Waals surface area contributed by atoms with E-state index < -0.39 is 28.5 Å². The van der Waals surface area contributed by atoms with Crippen molar-refractivity contribution in [1.82, 2.24) is 10.2 Å². The Bertz CT molecular complexity index is 1530. The number of rotatable bonds is 13. The molecule has 1 aliphatic rings. The molecule has 4 rings (SSSR count). The van der Waals surface area contributed by atoms with Crippen molar-refractivity contribution in [3.8, 4) is 5.75 Å². The highest BCUT2D eigenvalue weighted by Gasteiger charge is 2.34. The molecule has 1 saturated carbocycles. The van der Waals surface area contributed by atoms with Gasteiger partial charge >= 0.3 is 0 Å². The molecule has 3 aromatic carbocycles. The smallest absolute Gasteiger partial charge is 0.264 e. The van der Waals surface area contributed by atoms with E-state index in [2.05, 4.69) is 19.2 Å². The van der Waals surface area contributed by atoms with Crippen LogP contribution in [0.15, 0.2) is 77.7 Å². The molecule has 1 atom stereocenters. The first-order chi connectivity index (χ1) is 21.5. The number of hydrogen-bond donors (Lipinski definition) is 1. The third-order valence-electron chi connectivity index (χ3n) is 8.56. The van der Waals surface area contributed by atoms with E-state index in [4.69, 9.17) is 4.74 Å². The summed E-state index contributed by atoms with van der Waals surface area (Å²) in [7, 11) is -2.55. The molecular weight excluding hydrogens is 586 g/mol. The van der Waals surface area contributed by atoms with E-state index in [-0.39, 0.29) is 29.3 Å². The Balaban J connectivity index is 1.72. The number of benzene rings is 3. The van der Waals surface area contributed by atoms with Crippen molar-refractivity contribution in [2.75, 3.05) is 18.0 Å². The standard InChI is InChI=1S/C36H47N3O5S/c1-6-34(36(41)37-30-12-8-7-9-13-30)38(24-28-11-10-14-32(23-28)44-5)35(40)25-39(31-19-17-29(18-20-31)26(2)3)45(42,43)33-21-15-27(4)16-22-33/h10-11,14-23,26,30,34H,6-9,12-13,24-25H2,1-5H3,(H,37,41)/t34-/m1/s1. The number of nitrogens with zero attached hydrogens (tertiary/aromatic N) is 2. The Kier molecular flexibility index (Phi) is 11.7. The molecule has 242 valence electrons. The van der Waals surface area contributed by atoms with Crippen LogP contribution in [-0.2, 0) is 26.2 Å². The molecule has 1 aliphatic carbocycles. The van der Waals surface area contributed by atoms with Gasteiger partial charge in [0, 0.05) is 12.6 Å². The number of sulfonamides is 1. The highest BCUT2D eigenvalue weighted by atomic mass is 32.2. The van der Waals surface area contributed by atoms with Gasteiger partial charge in [-0.3, -0.25) is 13.9 Å². The lowest BCUT2D eigenvalue weighted by molar-refractivity contribution is -0.140. The molecule has 2 amide bonds. The first kappa shape index (κ1) is 34.0. The topological polar surface area (TPSA) is 96.0 Å². The van der Waals surface area contributed by atoms with E-state index in [1.807, 2.05) is 50.2 Å². The highest BCUT2D eigenvalue weighted by molar-refractivity contribution is 7.92. The summed E-state index contributed by atoms with van der Waals surface area (Å²) in [5, 5.41) is 3.19. The Hall–Kier alpha value is -3.85. The van der Waals surface area contributed by atoms with Crippen molar-refractivity contribution in [2.45, 2.75) is 95.7 Å². The van der Waals surface area contributed by atoms with Crippen LogP contribution in [0, 0.1) is 6.92 Å². The van der Waals surface area contributed by atoms with Crippen LogP contribution < -0.4 is 14.4 Å². The molecule has 1 fully saturated rings. The first-order valence-electron chi connectivity index (χ1n) is 16.0. The van der Waals surface area contributed by atoms with Gasteiger partial charge in [-0.05, 0) is 79.6 Å². The first-order valence-corrected chi connectivity index (χ1v) is 17.4. The molecule has 0 saturated heterocycles. The van der Waals surface area contributed by atoms with E-state index in [1.54, 1.807) is 43.5 Å². The summed E-state index contributed by atoms with van der Waals surface area (Å²) in [6.07, 6.45) is 5.50. The Labute approximate surface area is 268 Å². The van der Waals surface area contributed by atoms with E-state index in [0.717, 1.165) is 53.1 Å². The van der Waals surface area contributed by atoms with Gasteiger partial charge in [-0.15, -0.1) is 0 Å². The summed E-state index contributed by atoms with van der Waals surface area (Å²) in [4.78, 5) is 29.8. The number of anilines is 1. The molecule has 8 nitrogen and oxygen atoms in total. The second-order valence-corrected chi connectivity index (χ2v) is 14.1. The van der Waals surface area contributed by atoms with Gasteiger partial charge < -0.3 is 15.0 Å². The van der Waals surface area contributed by atoms with Crippen LogP contribution in [0.5, 0.6) is 5.75 Å². The molecular formula is C36H47N3O5S. The Morgan fingerprint density at radius 3 is 2.22 bits per heavy atom. The normalized spacial score (nSPS) is 14.5. The fourth-order valence-electron chi connectivity index (χ4n) is 5.82. The summed E-state index contributed by atoms with van der Waals surface area (Å²) in [5.41, 5.74) is 3.15. The third kappa shape index (κ3) is 8.66. The van der Waals surface area contributed by atoms with Crippen LogP contribution >= 0.6 is 0 Å². The lowest BCUT2D eigenvalue weighted by Gasteiger charge is -2.34. The number of amides is 2. The van der Waals surface area contributed by atoms with Crippen LogP contribution in [0.1, 0.15) is 81.9 Å². The largest absolute Gasteiger partial charge is 0.497 e. The molecule has 0 aliphatic heterocycles. The fraction of sp³-hybridized carbons (Fsp3) is 0.444. The Morgan fingerprint density at radius 1 is 0.956 bits per heavy atom. The average Bonchev–Trinajstić information content (AvgIpc) is 3.04. The third-order valence-corrected chi connectivity index (χ3v) is 10.3. The van der Waals surface area contributed by atoms with Crippen molar-refractivity contribution in [3.63, 3.8) is 0 Å². The van der Waals surface area contributed by atoms with Crippen LogP contribution in [0.4, 0.5) is 5.69 Å². The SMILES string of the molecule is CC[C@H](C(=O)NC1CCCCC1)N(Cc1cccc(OC)c1)C(=O)CN(c1ccc(C(C)C)cc1)S(=O)(=O)c1ccc(C)cc1. The maximum absolute atomic E-state index is 14.4. The Morgan fingerprint density at radius 2 is 1.62 bits per heavy atom. The van der Waals surface area contributed by atoms with Crippen LogP contribution in [-0.4, -0.2) is 50.9 Å². The second-order valence-electron chi connectivity index (χ2n) is 12.2. The van der Waals surface area contributed by atoms with E-state index >= 15 is 0 Å². The van der Waals surface area contributed by atoms with Gasteiger partial charge in [-0.2, -0.15) is 0 Å². The lowest BCUT2D eigenvalue weighted by atomic mass is 9.95. The zero-order valence-corrected chi connectivity index (χ0v) is 28.0. The van der Waals surface area contributed by atoms with Crippen molar-refractivity contribution in [3.05, 3.63) is 89.5 Å². The molecule has 0 aromatic heterocycles. The maximum Gasteiger partial charge on any atom is 0.264 e. The monoisotopic (exact) mass is 633 g/mol. The summed E-state index contributed by atoms with van der Waals surface area (Å²) >= 11 is 0. The number of aryl methyl sites for hydroxylation is 1. The van der Waals surface area contributed by atoms with Crippen LogP contribution in [0.25, 0.3) is 0 Å². The van der Waals surface area contributed by atoms with E-state index in [0.29, 0.717) is 17.9 Å². The quantitative estimate of drug-likeness (QED) is 0.230. The van der Waals surface area contributed by atoms with Gasteiger partial charge in [-0.1, -0.05) is 82.0 Å². The van der Waals surface area contributed by atoms with Crippen molar-refractivity contribution in [2.24, 2.45) is 0 Å². The average molecular weight is 634 g/mol. The number of carbonyl (C=O) groups is 2. The fourth-order valence-corrected chi connectivity index (χ4v) is 7.24. The predicted molar refractivity (Wildman–Crippen MR) is 179 cm³/mol. The van der Waals surface area contributed by atoms with Gasteiger partial charge in [0.05, 0.1) is 17.7 Å². The van der Waals surface area contributed by atoms with Gasteiger partial charge in [0.2, 0.25) is 11.8 Å². The summed E-state index contributed by atoms with van der Waals surface area (Å²) in [5.74, 6) is 0.213. The van der Waals surface area contributed by atoms with Gasteiger partial charge in [0.1, 0.15) is 18.3 Å². The van der Waals surface area contributed by atoms with Gasteiger partial charge in [-0.25, -0.2) is 8.42 Å². The van der Waals surface area contributed by atoms with Gasteiger partial charge in [0.25, 0.3) is 10.0 Å². The van der Waals surface area contributed by atoms with E-state index in [9.17, 15) is 18.0 Å².